The predicted molar refractivity (Wildman–Crippen MR) is 59.7 cm³/mol. The van der Waals surface area contributed by atoms with Crippen LogP contribution < -0.4 is 0 Å². The van der Waals surface area contributed by atoms with E-state index in [0.29, 0.717) is 0 Å². The molecule has 1 saturated carbocycles. The number of rotatable bonds is 3. The Morgan fingerprint density at radius 1 is 1.15 bits per heavy atom. The lowest BCUT2D eigenvalue weighted by Crippen LogP contribution is -2.27. The summed E-state index contributed by atoms with van der Waals surface area (Å²) < 4.78 is 0. The molecule has 0 radical (unpaired) electrons. The maximum Gasteiger partial charge on any atom is -0.0360 e. The molecule has 0 bridgehead atoms. The summed E-state index contributed by atoms with van der Waals surface area (Å²) in [5, 5.41) is 0. The molecule has 78 valence electrons. The van der Waals surface area contributed by atoms with E-state index < -0.39 is 0 Å². The molecule has 1 fully saturated rings. The molecule has 0 spiro atoms. The highest BCUT2D eigenvalue weighted by Crippen LogP contribution is 2.38. The Morgan fingerprint density at radius 2 is 1.77 bits per heavy atom. The second-order valence-electron chi connectivity index (χ2n) is 5.17. The summed E-state index contributed by atoms with van der Waals surface area (Å²) in [6.45, 7) is 9.68. The van der Waals surface area contributed by atoms with E-state index in [2.05, 4.69) is 27.7 Å². The summed E-state index contributed by atoms with van der Waals surface area (Å²) in [7, 11) is 0. The predicted octanol–water partition coefficient (Wildman–Crippen LogP) is 4.49. The van der Waals surface area contributed by atoms with E-state index in [0.717, 1.165) is 23.7 Å². The van der Waals surface area contributed by atoms with E-state index in [-0.39, 0.29) is 0 Å². The van der Waals surface area contributed by atoms with Crippen LogP contribution in [0.4, 0.5) is 0 Å². The summed E-state index contributed by atoms with van der Waals surface area (Å²) in [6.07, 6.45) is 7.28. The quantitative estimate of drug-likeness (QED) is 0.603. The molecule has 13 heavy (non-hydrogen) atoms. The maximum absolute atomic E-state index is 2.47. The van der Waals surface area contributed by atoms with Crippen molar-refractivity contribution in [3.63, 3.8) is 0 Å². The van der Waals surface area contributed by atoms with Crippen molar-refractivity contribution in [3.05, 3.63) is 0 Å². The minimum Gasteiger partial charge on any atom is -0.0651 e. The van der Waals surface area contributed by atoms with Crippen LogP contribution in [0.15, 0.2) is 0 Å². The van der Waals surface area contributed by atoms with Crippen molar-refractivity contribution in [2.24, 2.45) is 23.7 Å². The first-order valence-electron chi connectivity index (χ1n) is 6.16. The van der Waals surface area contributed by atoms with Gasteiger partial charge in [-0.1, -0.05) is 53.4 Å². The van der Waals surface area contributed by atoms with Crippen LogP contribution in [0.5, 0.6) is 0 Å². The van der Waals surface area contributed by atoms with Gasteiger partial charge in [0.1, 0.15) is 0 Å². The van der Waals surface area contributed by atoms with Crippen LogP contribution in [-0.2, 0) is 0 Å². The minimum atomic E-state index is 0.922. The van der Waals surface area contributed by atoms with Crippen molar-refractivity contribution in [2.45, 2.75) is 59.8 Å². The van der Waals surface area contributed by atoms with Gasteiger partial charge in [-0.3, -0.25) is 0 Å². The summed E-state index contributed by atoms with van der Waals surface area (Å²) in [4.78, 5) is 0. The van der Waals surface area contributed by atoms with Gasteiger partial charge in [-0.25, -0.2) is 0 Å². The fourth-order valence-electron chi connectivity index (χ4n) is 2.92. The molecule has 0 N–H and O–H groups in total. The molecule has 0 aromatic heterocycles. The van der Waals surface area contributed by atoms with Gasteiger partial charge in [0.15, 0.2) is 0 Å². The fourth-order valence-corrected chi connectivity index (χ4v) is 2.92. The zero-order valence-corrected chi connectivity index (χ0v) is 9.84. The third kappa shape index (κ3) is 2.72. The molecule has 1 rings (SSSR count). The van der Waals surface area contributed by atoms with Crippen LogP contribution in [0.3, 0.4) is 0 Å². The van der Waals surface area contributed by atoms with Crippen molar-refractivity contribution < 1.29 is 0 Å². The summed E-state index contributed by atoms with van der Waals surface area (Å²) >= 11 is 0. The van der Waals surface area contributed by atoms with Crippen molar-refractivity contribution >= 4 is 0 Å². The van der Waals surface area contributed by atoms with Gasteiger partial charge in [-0.15, -0.1) is 0 Å². The highest BCUT2D eigenvalue weighted by atomic mass is 14.3. The van der Waals surface area contributed by atoms with E-state index >= 15 is 0 Å². The van der Waals surface area contributed by atoms with Crippen LogP contribution in [-0.4, -0.2) is 0 Å². The Bertz CT molecular complexity index is 139. The summed E-state index contributed by atoms with van der Waals surface area (Å²) in [6, 6.07) is 0. The highest BCUT2D eigenvalue weighted by Gasteiger charge is 2.28. The molecule has 4 atom stereocenters. The van der Waals surface area contributed by atoms with E-state index in [9.17, 15) is 0 Å². The third-order valence-electron chi connectivity index (χ3n) is 4.39. The molecule has 0 saturated heterocycles. The largest absolute Gasteiger partial charge is 0.0651 e. The maximum atomic E-state index is 2.47. The van der Waals surface area contributed by atoms with E-state index in [1.807, 2.05) is 0 Å². The molecule has 0 heteroatoms. The van der Waals surface area contributed by atoms with Gasteiger partial charge in [0.05, 0.1) is 0 Å². The Morgan fingerprint density at radius 3 is 2.31 bits per heavy atom. The van der Waals surface area contributed by atoms with Crippen LogP contribution in [0, 0.1) is 23.7 Å². The molecule has 0 amide bonds. The fraction of sp³-hybridized carbons (Fsp3) is 1.00. The first-order valence-corrected chi connectivity index (χ1v) is 6.16. The van der Waals surface area contributed by atoms with Crippen LogP contribution in [0.2, 0.25) is 0 Å². The van der Waals surface area contributed by atoms with Gasteiger partial charge in [0.25, 0.3) is 0 Å². The van der Waals surface area contributed by atoms with Gasteiger partial charge >= 0.3 is 0 Å². The Kier molecular flexibility index (Phi) is 4.28. The highest BCUT2D eigenvalue weighted by molar-refractivity contribution is 4.78. The average Bonchev–Trinajstić information content (AvgIpc) is 2.16. The van der Waals surface area contributed by atoms with E-state index in [1.165, 1.54) is 32.1 Å². The zero-order valence-electron chi connectivity index (χ0n) is 9.84. The van der Waals surface area contributed by atoms with Crippen LogP contribution in [0.1, 0.15) is 59.8 Å². The molecule has 1 aliphatic rings. The lowest BCUT2D eigenvalue weighted by molar-refractivity contribution is 0.142. The van der Waals surface area contributed by atoms with Crippen LogP contribution in [0.25, 0.3) is 0 Å². The molecule has 0 aliphatic heterocycles. The smallest absolute Gasteiger partial charge is 0.0360 e. The summed E-state index contributed by atoms with van der Waals surface area (Å²) in [5.41, 5.74) is 0. The lowest BCUT2D eigenvalue weighted by atomic mass is 9.70. The number of hydrogen-bond acceptors (Lipinski definition) is 0. The zero-order chi connectivity index (χ0) is 9.84. The molecule has 0 aromatic carbocycles. The van der Waals surface area contributed by atoms with Gasteiger partial charge in [-0.05, 0) is 30.1 Å². The molecular weight excluding hydrogens is 156 g/mol. The second-order valence-corrected chi connectivity index (χ2v) is 5.17. The monoisotopic (exact) mass is 182 g/mol. The van der Waals surface area contributed by atoms with Crippen molar-refractivity contribution in [1.82, 2.24) is 0 Å². The Labute approximate surface area is 84.1 Å². The SMILES string of the molecule is CCC(C)C(C)C1CCCCC1C. The molecule has 1 aliphatic carbocycles. The molecular formula is C13H26. The first-order chi connectivity index (χ1) is 6.16. The first kappa shape index (κ1) is 11.1. The minimum absolute atomic E-state index is 0.922. The standard InChI is InChI=1S/C13H26/c1-5-10(2)12(4)13-9-7-6-8-11(13)3/h10-13H,5-9H2,1-4H3. The normalized spacial score (nSPS) is 34.2. The molecule has 0 heterocycles. The van der Waals surface area contributed by atoms with Gasteiger partial charge in [0, 0.05) is 0 Å². The van der Waals surface area contributed by atoms with Crippen molar-refractivity contribution in [2.75, 3.05) is 0 Å². The van der Waals surface area contributed by atoms with E-state index in [4.69, 9.17) is 0 Å². The third-order valence-corrected chi connectivity index (χ3v) is 4.39. The molecule has 4 unspecified atom stereocenters. The van der Waals surface area contributed by atoms with Crippen LogP contribution >= 0.6 is 0 Å². The molecule has 0 aromatic rings. The number of hydrogen-bond donors (Lipinski definition) is 0. The Balaban J connectivity index is 2.47. The van der Waals surface area contributed by atoms with Crippen molar-refractivity contribution in [1.29, 1.82) is 0 Å². The van der Waals surface area contributed by atoms with Gasteiger partial charge < -0.3 is 0 Å². The van der Waals surface area contributed by atoms with Crippen molar-refractivity contribution in [3.8, 4) is 0 Å². The lowest BCUT2D eigenvalue weighted by Gasteiger charge is -2.36. The Hall–Kier alpha value is 0. The topological polar surface area (TPSA) is 0 Å². The van der Waals surface area contributed by atoms with E-state index in [1.54, 1.807) is 0 Å². The summed E-state index contributed by atoms with van der Waals surface area (Å²) in [5.74, 6) is 3.87. The second kappa shape index (κ2) is 5.02. The van der Waals surface area contributed by atoms with Gasteiger partial charge in [0.2, 0.25) is 0 Å². The van der Waals surface area contributed by atoms with Gasteiger partial charge in [-0.2, -0.15) is 0 Å². The molecule has 0 nitrogen and oxygen atoms in total. The average molecular weight is 182 g/mol.